The van der Waals surface area contributed by atoms with E-state index in [0.717, 1.165) is 23.3 Å². The number of methoxy groups -OCH3 is 1. The summed E-state index contributed by atoms with van der Waals surface area (Å²) in [4.78, 5) is 13.7. The topological polar surface area (TPSA) is 75.7 Å². The minimum Gasteiger partial charge on any atom is -0.497 e. The SMILES string of the molecule is CCC(NC(=O)C1(c2ccccc2)CCN(S(=O)(=O)CC)CC1)c1ccc(OC)cc1. The summed E-state index contributed by atoms with van der Waals surface area (Å²) in [7, 11) is -1.64. The molecule has 0 aromatic heterocycles. The van der Waals surface area contributed by atoms with Gasteiger partial charge in [0.15, 0.2) is 0 Å². The molecule has 0 bridgehead atoms. The van der Waals surface area contributed by atoms with E-state index in [1.54, 1.807) is 14.0 Å². The molecule has 0 radical (unpaired) electrons. The van der Waals surface area contributed by atoms with Crippen LogP contribution in [-0.2, 0) is 20.2 Å². The Morgan fingerprint density at radius 2 is 1.68 bits per heavy atom. The Bertz CT molecular complexity index is 966. The van der Waals surface area contributed by atoms with E-state index < -0.39 is 15.4 Å². The number of sulfonamides is 1. The first-order valence-corrected chi connectivity index (χ1v) is 12.5. The monoisotopic (exact) mass is 444 g/mol. The highest BCUT2D eigenvalue weighted by atomic mass is 32.2. The zero-order chi connectivity index (χ0) is 22.5. The Balaban J connectivity index is 1.86. The van der Waals surface area contributed by atoms with E-state index in [9.17, 15) is 13.2 Å². The number of nitrogens with one attached hydrogen (secondary N) is 1. The van der Waals surface area contributed by atoms with Gasteiger partial charge in [-0.2, -0.15) is 0 Å². The number of hydrogen-bond acceptors (Lipinski definition) is 4. The molecule has 3 rings (SSSR count). The molecule has 1 saturated heterocycles. The molecule has 1 aliphatic heterocycles. The molecule has 1 amide bonds. The summed E-state index contributed by atoms with van der Waals surface area (Å²) in [5.74, 6) is 0.803. The van der Waals surface area contributed by atoms with Crippen LogP contribution >= 0.6 is 0 Å². The smallest absolute Gasteiger partial charge is 0.231 e. The van der Waals surface area contributed by atoms with Crippen LogP contribution < -0.4 is 10.1 Å². The number of carbonyl (C=O) groups is 1. The zero-order valence-electron chi connectivity index (χ0n) is 18.5. The average molecular weight is 445 g/mol. The van der Waals surface area contributed by atoms with Gasteiger partial charge in [-0.05, 0) is 49.4 Å². The van der Waals surface area contributed by atoms with Crippen LogP contribution in [0.1, 0.15) is 50.3 Å². The Hall–Kier alpha value is -2.38. The van der Waals surface area contributed by atoms with Crippen molar-refractivity contribution in [2.75, 3.05) is 26.0 Å². The van der Waals surface area contributed by atoms with E-state index in [-0.39, 0.29) is 17.7 Å². The van der Waals surface area contributed by atoms with Gasteiger partial charge in [-0.25, -0.2) is 12.7 Å². The predicted octanol–water partition coefficient (Wildman–Crippen LogP) is 3.65. The number of piperidine rings is 1. The Labute approximate surface area is 185 Å². The summed E-state index contributed by atoms with van der Waals surface area (Å²) >= 11 is 0. The van der Waals surface area contributed by atoms with E-state index in [2.05, 4.69) is 5.32 Å². The lowest BCUT2D eigenvalue weighted by Gasteiger charge is -2.41. The standard InChI is InChI=1S/C24H32N2O4S/c1-4-22(19-11-13-21(30-3)14-12-19)25-23(27)24(20-9-7-6-8-10-20)15-17-26(18-16-24)31(28,29)5-2/h6-14,22H,4-5,15-18H2,1-3H3,(H,25,27). The van der Waals surface area contributed by atoms with Crippen LogP contribution in [0.5, 0.6) is 5.75 Å². The van der Waals surface area contributed by atoms with Gasteiger partial charge in [0.1, 0.15) is 5.75 Å². The van der Waals surface area contributed by atoms with Gasteiger partial charge in [0, 0.05) is 13.1 Å². The third-order valence-electron chi connectivity index (χ3n) is 6.33. The number of benzene rings is 2. The Morgan fingerprint density at radius 1 is 1.06 bits per heavy atom. The van der Waals surface area contributed by atoms with Crippen LogP contribution in [0.3, 0.4) is 0 Å². The normalized spacial score (nSPS) is 17.6. The van der Waals surface area contributed by atoms with Gasteiger partial charge in [-0.1, -0.05) is 49.4 Å². The van der Waals surface area contributed by atoms with Crippen LogP contribution in [-0.4, -0.2) is 44.6 Å². The van der Waals surface area contributed by atoms with Crippen LogP contribution in [0.2, 0.25) is 0 Å². The molecule has 1 aliphatic rings. The van der Waals surface area contributed by atoms with Crippen LogP contribution in [0.4, 0.5) is 0 Å². The number of nitrogens with zero attached hydrogens (tertiary/aromatic N) is 1. The maximum atomic E-state index is 13.7. The molecule has 1 N–H and O–H groups in total. The van der Waals surface area contributed by atoms with E-state index in [1.165, 1.54) is 4.31 Å². The van der Waals surface area contributed by atoms with Crippen molar-refractivity contribution in [1.29, 1.82) is 0 Å². The third kappa shape index (κ3) is 4.93. The number of amides is 1. The second kappa shape index (κ2) is 9.83. The number of ether oxygens (including phenoxy) is 1. The molecule has 2 aromatic rings. The summed E-state index contributed by atoms with van der Waals surface area (Å²) in [6.07, 6.45) is 1.67. The first kappa shape index (κ1) is 23.3. The minimum absolute atomic E-state index is 0.0464. The second-order valence-corrected chi connectivity index (χ2v) is 10.2. The lowest BCUT2D eigenvalue weighted by atomic mass is 9.72. The van der Waals surface area contributed by atoms with Crippen molar-refractivity contribution in [3.63, 3.8) is 0 Å². The quantitative estimate of drug-likeness (QED) is 0.674. The van der Waals surface area contributed by atoms with Crippen molar-refractivity contribution in [2.24, 2.45) is 0 Å². The summed E-state index contributed by atoms with van der Waals surface area (Å²) in [5.41, 5.74) is 1.21. The van der Waals surface area contributed by atoms with Crippen molar-refractivity contribution in [1.82, 2.24) is 9.62 Å². The molecule has 1 unspecified atom stereocenters. The number of carbonyl (C=O) groups excluding carboxylic acids is 1. The van der Waals surface area contributed by atoms with Crippen molar-refractivity contribution in [3.05, 3.63) is 65.7 Å². The van der Waals surface area contributed by atoms with Gasteiger partial charge in [0.2, 0.25) is 15.9 Å². The van der Waals surface area contributed by atoms with Gasteiger partial charge in [0.05, 0.1) is 24.3 Å². The van der Waals surface area contributed by atoms with Gasteiger partial charge in [-0.15, -0.1) is 0 Å². The summed E-state index contributed by atoms with van der Waals surface area (Å²) in [6.45, 7) is 4.39. The third-order valence-corrected chi connectivity index (χ3v) is 8.21. The molecule has 1 heterocycles. The first-order valence-electron chi connectivity index (χ1n) is 10.8. The van der Waals surface area contributed by atoms with Crippen molar-refractivity contribution in [3.8, 4) is 5.75 Å². The molecular weight excluding hydrogens is 412 g/mol. The van der Waals surface area contributed by atoms with Gasteiger partial charge in [0.25, 0.3) is 0 Å². The largest absolute Gasteiger partial charge is 0.497 e. The molecule has 1 fully saturated rings. The number of rotatable bonds is 8. The van der Waals surface area contributed by atoms with Gasteiger partial charge >= 0.3 is 0 Å². The Morgan fingerprint density at radius 3 is 2.19 bits per heavy atom. The molecule has 168 valence electrons. The first-order chi connectivity index (χ1) is 14.9. The van der Waals surface area contributed by atoms with Gasteiger partial charge in [-0.3, -0.25) is 4.79 Å². The fourth-order valence-corrected chi connectivity index (χ4v) is 5.39. The van der Waals surface area contributed by atoms with Crippen LogP contribution in [0.25, 0.3) is 0 Å². The molecular formula is C24H32N2O4S. The molecule has 0 saturated carbocycles. The molecule has 6 nitrogen and oxygen atoms in total. The maximum Gasteiger partial charge on any atom is 0.231 e. The number of hydrogen-bond donors (Lipinski definition) is 1. The molecule has 0 spiro atoms. The Kier molecular flexibility index (Phi) is 7.38. The summed E-state index contributed by atoms with van der Waals surface area (Å²) in [6, 6.07) is 17.3. The average Bonchev–Trinajstić information content (AvgIpc) is 2.83. The molecule has 2 aromatic carbocycles. The molecule has 31 heavy (non-hydrogen) atoms. The molecule has 1 atom stereocenters. The van der Waals surface area contributed by atoms with E-state index in [0.29, 0.717) is 25.9 Å². The molecule has 0 aliphatic carbocycles. The van der Waals surface area contributed by atoms with Gasteiger partial charge < -0.3 is 10.1 Å². The van der Waals surface area contributed by atoms with Crippen LogP contribution in [0.15, 0.2) is 54.6 Å². The second-order valence-electron chi connectivity index (χ2n) is 7.96. The van der Waals surface area contributed by atoms with Crippen LogP contribution in [0, 0.1) is 0 Å². The summed E-state index contributed by atoms with van der Waals surface area (Å²) in [5, 5.41) is 3.25. The fourth-order valence-electron chi connectivity index (χ4n) is 4.29. The highest BCUT2D eigenvalue weighted by Gasteiger charge is 2.45. The summed E-state index contributed by atoms with van der Waals surface area (Å²) < 4.78 is 31.5. The minimum atomic E-state index is -3.27. The van der Waals surface area contributed by atoms with E-state index >= 15 is 0 Å². The highest BCUT2D eigenvalue weighted by molar-refractivity contribution is 7.89. The lowest BCUT2D eigenvalue weighted by Crippen LogP contribution is -2.53. The predicted molar refractivity (Wildman–Crippen MR) is 123 cm³/mol. The van der Waals surface area contributed by atoms with E-state index in [4.69, 9.17) is 4.74 Å². The maximum absolute atomic E-state index is 13.7. The van der Waals surface area contributed by atoms with Crippen molar-refractivity contribution in [2.45, 2.75) is 44.6 Å². The van der Waals surface area contributed by atoms with Crippen molar-refractivity contribution < 1.29 is 17.9 Å². The highest BCUT2D eigenvalue weighted by Crippen LogP contribution is 2.37. The lowest BCUT2D eigenvalue weighted by molar-refractivity contribution is -0.129. The zero-order valence-corrected chi connectivity index (χ0v) is 19.3. The molecule has 7 heteroatoms. The van der Waals surface area contributed by atoms with E-state index in [1.807, 2.05) is 61.5 Å². The van der Waals surface area contributed by atoms with Crippen molar-refractivity contribution >= 4 is 15.9 Å². The fraction of sp³-hybridized carbons (Fsp3) is 0.458.